The second-order valence-electron chi connectivity index (χ2n) is 3.94. The maximum Gasteiger partial charge on any atom is 0.347 e. The molecule has 0 saturated heterocycles. The first-order valence-electron chi connectivity index (χ1n) is 5.67. The minimum absolute atomic E-state index is 0.300. The van der Waals surface area contributed by atoms with Gasteiger partial charge in [0.15, 0.2) is 4.34 Å². The molecule has 106 valence electrons. The Bertz CT molecular complexity index is 643. The molecule has 1 aromatic heterocycles. The van der Waals surface area contributed by atoms with E-state index in [-0.39, 0.29) is 0 Å². The number of rotatable bonds is 5. The number of thioether (sulfide) groups is 1. The highest BCUT2D eigenvalue weighted by Gasteiger charge is 2.14. The molecule has 20 heavy (non-hydrogen) atoms. The summed E-state index contributed by atoms with van der Waals surface area (Å²) in [6.07, 6.45) is 0. The van der Waals surface area contributed by atoms with E-state index < -0.39 is 5.97 Å². The van der Waals surface area contributed by atoms with Crippen LogP contribution in [0, 0.1) is 6.92 Å². The Morgan fingerprint density at radius 2 is 2.30 bits per heavy atom. The van der Waals surface area contributed by atoms with Crippen LogP contribution >= 0.6 is 39.0 Å². The second kappa shape index (κ2) is 6.60. The molecule has 1 heterocycles. The predicted octanol–water partition coefficient (Wildman–Crippen LogP) is 4.21. The van der Waals surface area contributed by atoms with Crippen molar-refractivity contribution in [2.75, 3.05) is 7.11 Å². The highest BCUT2D eigenvalue weighted by atomic mass is 79.9. The van der Waals surface area contributed by atoms with Gasteiger partial charge in [0.05, 0.1) is 12.8 Å². The number of aromatic carboxylic acids is 1. The van der Waals surface area contributed by atoms with Crippen molar-refractivity contribution in [1.29, 1.82) is 0 Å². The van der Waals surface area contributed by atoms with Crippen molar-refractivity contribution >= 4 is 45.0 Å². The number of carbonyl (C=O) groups is 1. The smallest absolute Gasteiger partial charge is 0.347 e. The normalized spacial score (nSPS) is 10.6. The van der Waals surface area contributed by atoms with Crippen LogP contribution < -0.4 is 4.74 Å². The number of hydrogen-bond acceptors (Lipinski definition) is 5. The van der Waals surface area contributed by atoms with E-state index in [0.717, 1.165) is 20.1 Å². The number of hydrogen-bond donors (Lipinski definition) is 1. The number of carboxylic acid groups (broad SMARTS) is 1. The van der Waals surface area contributed by atoms with Gasteiger partial charge in [0.1, 0.15) is 10.6 Å². The number of halogens is 1. The Balaban J connectivity index is 2.14. The van der Waals surface area contributed by atoms with Gasteiger partial charge in [-0.3, -0.25) is 0 Å². The Hall–Kier alpha value is -1.05. The number of methoxy groups -OCH3 is 1. The van der Waals surface area contributed by atoms with E-state index in [1.807, 2.05) is 18.2 Å². The quantitative estimate of drug-likeness (QED) is 0.795. The molecule has 0 saturated carbocycles. The maximum absolute atomic E-state index is 11.0. The number of carboxylic acids is 1. The van der Waals surface area contributed by atoms with Gasteiger partial charge >= 0.3 is 5.97 Å². The Kier molecular flexibility index (Phi) is 5.06. The number of thiazole rings is 1. The predicted molar refractivity (Wildman–Crippen MR) is 84.1 cm³/mol. The van der Waals surface area contributed by atoms with E-state index in [4.69, 9.17) is 9.84 Å². The number of nitrogens with zero attached hydrogens (tertiary/aromatic N) is 1. The van der Waals surface area contributed by atoms with Crippen molar-refractivity contribution in [2.24, 2.45) is 0 Å². The minimum atomic E-state index is -0.924. The van der Waals surface area contributed by atoms with Crippen LogP contribution in [0.25, 0.3) is 0 Å². The van der Waals surface area contributed by atoms with Gasteiger partial charge in [0, 0.05) is 15.8 Å². The zero-order chi connectivity index (χ0) is 14.7. The molecule has 0 fully saturated rings. The van der Waals surface area contributed by atoms with Crippen molar-refractivity contribution in [3.8, 4) is 5.75 Å². The fourth-order valence-electron chi connectivity index (χ4n) is 1.63. The molecular formula is C13H12BrNO3S2. The van der Waals surface area contributed by atoms with Crippen LogP contribution in [-0.4, -0.2) is 23.2 Å². The van der Waals surface area contributed by atoms with Crippen molar-refractivity contribution in [3.05, 3.63) is 38.8 Å². The number of aryl methyl sites for hydroxylation is 1. The van der Waals surface area contributed by atoms with Crippen LogP contribution in [0.15, 0.2) is 27.0 Å². The van der Waals surface area contributed by atoms with Crippen molar-refractivity contribution in [2.45, 2.75) is 17.0 Å². The van der Waals surface area contributed by atoms with E-state index in [0.29, 0.717) is 16.3 Å². The summed E-state index contributed by atoms with van der Waals surface area (Å²) in [7, 11) is 1.63. The lowest BCUT2D eigenvalue weighted by molar-refractivity contribution is 0.0701. The zero-order valence-electron chi connectivity index (χ0n) is 10.8. The summed E-state index contributed by atoms with van der Waals surface area (Å²) in [6.45, 7) is 1.71. The highest BCUT2D eigenvalue weighted by molar-refractivity contribution is 9.10. The van der Waals surface area contributed by atoms with Gasteiger partial charge < -0.3 is 9.84 Å². The summed E-state index contributed by atoms with van der Waals surface area (Å²) < 4.78 is 7.04. The summed E-state index contributed by atoms with van der Waals surface area (Å²) in [4.78, 5) is 15.6. The molecule has 0 bridgehead atoms. The van der Waals surface area contributed by atoms with Crippen LogP contribution in [0.2, 0.25) is 0 Å². The molecule has 4 nitrogen and oxygen atoms in total. The highest BCUT2D eigenvalue weighted by Crippen LogP contribution is 2.33. The Morgan fingerprint density at radius 3 is 2.90 bits per heavy atom. The molecule has 0 radical (unpaired) electrons. The average Bonchev–Trinajstić information content (AvgIpc) is 2.78. The molecule has 2 rings (SSSR count). The molecule has 1 N–H and O–H groups in total. The third kappa shape index (κ3) is 3.53. The molecule has 0 aliphatic carbocycles. The molecule has 0 aliphatic rings. The largest absolute Gasteiger partial charge is 0.496 e. The summed E-state index contributed by atoms with van der Waals surface area (Å²) in [6, 6.07) is 5.81. The fraction of sp³-hybridized carbons (Fsp3) is 0.231. The third-order valence-electron chi connectivity index (χ3n) is 2.56. The number of benzene rings is 1. The van der Waals surface area contributed by atoms with Crippen molar-refractivity contribution in [1.82, 2.24) is 4.98 Å². The van der Waals surface area contributed by atoms with Crippen LogP contribution in [-0.2, 0) is 5.75 Å². The molecule has 2 aromatic rings. The monoisotopic (exact) mass is 373 g/mol. The fourth-order valence-corrected chi connectivity index (χ4v) is 4.05. The van der Waals surface area contributed by atoms with Gasteiger partial charge in [0.2, 0.25) is 0 Å². The van der Waals surface area contributed by atoms with Gasteiger partial charge in [-0.2, -0.15) is 0 Å². The van der Waals surface area contributed by atoms with E-state index in [2.05, 4.69) is 20.9 Å². The first-order chi connectivity index (χ1) is 9.51. The summed E-state index contributed by atoms with van der Waals surface area (Å²) in [5, 5.41) is 9.02. The van der Waals surface area contributed by atoms with E-state index in [1.54, 1.807) is 14.0 Å². The van der Waals surface area contributed by atoms with Crippen LogP contribution in [0.5, 0.6) is 5.75 Å². The Morgan fingerprint density at radius 1 is 1.55 bits per heavy atom. The minimum Gasteiger partial charge on any atom is -0.496 e. The molecule has 0 unspecified atom stereocenters. The summed E-state index contributed by atoms with van der Waals surface area (Å²) in [5.74, 6) is 0.563. The Labute approximate surface area is 133 Å². The molecule has 0 spiro atoms. The summed E-state index contributed by atoms with van der Waals surface area (Å²) >= 11 is 6.14. The first kappa shape index (κ1) is 15.3. The van der Waals surface area contributed by atoms with E-state index in [1.165, 1.54) is 23.1 Å². The van der Waals surface area contributed by atoms with Crippen molar-refractivity contribution in [3.63, 3.8) is 0 Å². The average molecular weight is 374 g/mol. The lowest BCUT2D eigenvalue weighted by atomic mass is 10.2. The van der Waals surface area contributed by atoms with Gasteiger partial charge in [-0.25, -0.2) is 9.78 Å². The van der Waals surface area contributed by atoms with Gasteiger partial charge in [-0.15, -0.1) is 11.3 Å². The van der Waals surface area contributed by atoms with E-state index in [9.17, 15) is 4.79 Å². The molecule has 1 aromatic carbocycles. The SMILES string of the molecule is COc1ccc(Br)cc1CSc1nc(C)c(C(=O)O)s1. The van der Waals surface area contributed by atoms with Crippen LogP contribution in [0.3, 0.4) is 0 Å². The molecule has 0 atom stereocenters. The lowest BCUT2D eigenvalue weighted by Gasteiger charge is -2.07. The number of ether oxygens (including phenoxy) is 1. The number of aromatic nitrogens is 1. The second-order valence-corrected chi connectivity index (χ2v) is 7.08. The standard InChI is InChI=1S/C13H12BrNO3S2/c1-7-11(12(16)17)20-13(15-7)19-6-8-5-9(14)3-4-10(8)18-2/h3-5H,6H2,1-2H3,(H,16,17). The molecule has 0 amide bonds. The van der Waals surface area contributed by atoms with Gasteiger partial charge in [0.25, 0.3) is 0 Å². The molecule has 0 aliphatic heterocycles. The first-order valence-corrected chi connectivity index (χ1v) is 8.26. The van der Waals surface area contributed by atoms with Crippen LogP contribution in [0.1, 0.15) is 20.9 Å². The third-order valence-corrected chi connectivity index (χ3v) is 5.40. The molecular weight excluding hydrogens is 362 g/mol. The molecule has 7 heteroatoms. The maximum atomic E-state index is 11.0. The summed E-state index contributed by atoms with van der Waals surface area (Å²) in [5.41, 5.74) is 1.60. The van der Waals surface area contributed by atoms with Crippen molar-refractivity contribution < 1.29 is 14.6 Å². The van der Waals surface area contributed by atoms with E-state index >= 15 is 0 Å². The van der Waals surface area contributed by atoms with Gasteiger partial charge in [-0.1, -0.05) is 27.7 Å². The topological polar surface area (TPSA) is 59.4 Å². The van der Waals surface area contributed by atoms with Crippen LogP contribution in [0.4, 0.5) is 0 Å². The lowest BCUT2D eigenvalue weighted by Crippen LogP contribution is -1.94. The van der Waals surface area contributed by atoms with Gasteiger partial charge in [-0.05, 0) is 25.1 Å². The zero-order valence-corrected chi connectivity index (χ0v) is 14.1.